The average molecular weight is 487 g/mol. The van der Waals surface area contributed by atoms with E-state index < -0.39 is 22.8 Å². The lowest BCUT2D eigenvalue weighted by molar-refractivity contribution is -0.383. The topological polar surface area (TPSA) is 166 Å². The number of fused-ring (bicyclic) bond motifs is 2. The predicted octanol–water partition coefficient (Wildman–Crippen LogP) is 3.75. The van der Waals surface area contributed by atoms with Crippen LogP contribution >= 0.6 is 0 Å². The Morgan fingerprint density at radius 1 is 0.972 bits per heavy atom. The predicted molar refractivity (Wildman–Crippen MR) is 139 cm³/mol. The zero-order valence-electron chi connectivity index (χ0n) is 19.4. The van der Waals surface area contributed by atoms with Gasteiger partial charge in [-0.3, -0.25) is 19.7 Å². The molecule has 0 aliphatic carbocycles. The van der Waals surface area contributed by atoms with Crippen molar-refractivity contribution in [2.24, 2.45) is 11.5 Å². The minimum absolute atomic E-state index is 0.0433. The SMILES string of the molecule is NCCCCC(NC(=O)c1ccc(Nc2c3ccccc3nc3ccccc23)c([N+](=O)[O-])c1)C(N)=O. The minimum Gasteiger partial charge on any atom is -0.368 e. The van der Waals surface area contributed by atoms with Crippen molar-refractivity contribution in [3.8, 4) is 0 Å². The molecule has 0 saturated carbocycles. The molecule has 1 heterocycles. The van der Waals surface area contributed by atoms with Crippen molar-refractivity contribution in [2.45, 2.75) is 25.3 Å². The van der Waals surface area contributed by atoms with Crippen LogP contribution < -0.4 is 22.1 Å². The van der Waals surface area contributed by atoms with Crippen LogP contribution in [0, 0.1) is 10.1 Å². The van der Waals surface area contributed by atoms with Gasteiger partial charge in [0, 0.05) is 22.4 Å². The second-order valence-corrected chi connectivity index (χ2v) is 8.35. The van der Waals surface area contributed by atoms with Crippen molar-refractivity contribution in [2.75, 3.05) is 11.9 Å². The third-order valence-corrected chi connectivity index (χ3v) is 5.90. The molecule has 0 saturated heterocycles. The highest BCUT2D eigenvalue weighted by Gasteiger charge is 2.23. The lowest BCUT2D eigenvalue weighted by Crippen LogP contribution is -2.44. The number of para-hydroxylation sites is 2. The third kappa shape index (κ3) is 5.23. The molecule has 0 aliphatic heterocycles. The molecule has 36 heavy (non-hydrogen) atoms. The molecular weight excluding hydrogens is 460 g/mol. The summed E-state index contributed by atoms with van der Waals surface area (Å²) in [7, 11) is 0. The summed E-state index contributed by atoms with van der Waals surface area (Å²) in [6, 6.07) is 18.2. The van der Waals surface area contributed by atoms with Crippen LogP contribution in [0.5, 0.6) is 0 Å². The molecule has 4 rings (SSSR count). The fourth-order valence-electron chi connectivity index (χ4n) is 4.06. The molecule has 10 nitrogen and oxygen atoms in total. The quantitative estimate of drug-likeness (QED) is 0.115. The summed E-state index contributed by atoms with van der Waals surface area (Å²) in [6.45, 7) is 0.460. The van der Waals surface area contributed by atoms with E-state index in [1.54, 1.807) is 0 Å². The fourth-order valence-corrected chi connectivity index (χ4v) is 4.06. The number of benzene rings is 3. The number of carbonyl (C=O) groups excluding carboxylic acids is 2. The summed E-state index contributed by atoms with van der Waals surface area (Å²) in [5.41, 5.74) is 13.0. The van der Waals surface area contributed by atoms with Gasteiger partial charge in [0.2, 0.25) is 5.91 Å². The summed E-state index contributed by atoms with van der Waals surface area (Å²) < 4.78 is 0. The zero-order chi connectivity index (χ0) is 25.7. The van der Waals surface area contributed by atoms with Gasteiger partial charge in [-0.15, -0.1) is 0 Å². The van der Waals surface area contributed by atoms with Gasteiger partial charge in [0.25, 0.3) is 11.6 Å². The number of anilines is 2. The van der Waals surface area contributed by atoms with Gasteiger partial charge in [0.05, 0.1) is 21.6 Å². The summed E-state index contributed by atoms with van der Waals surface area (Å²) in [4.78, 5) is 40.6. The molecule has 0 aliphatic rings. The Kier molecular flexibility index (Phi) is 7.36. The Morgan fingerprint density at radius 3 is 2.19 bits per heavy atom. The monoisotopic (exact) mass is 486 g/mol. The summed E-state index contributed by atoms with van der Waals surface area (Å²) in [5, 5.41) is 19.3. The Labute approximate surface area is 206 Å². The van der Waals surface area contributed by atoms with E-state index in [2.05, 4.69) is 15.6 Å². The van der Waals surface area contributed by atoms with Gasteiger partial charge in [-0.1, -0.05) is 36.4 Å². The van der Waals surface area contributed by atoms with Crippen LogP contribution in [0.1, 0.15) is 29.6 Å². The molecule has 10 heteroatoms. The molecule has 0 bridgehead atoms. The van der Waals surface area contributed by atoms with Gasteiger partial charge in [0.15, 0.2) is 0 Å². The molecule has 184 valence electrons. The maximum atomic E-state index is 12.8. The van der Waals surface area contributed by atoms with Crippen molar-refractivity contribution in [1.29, 1.82) is 0 Å². The van der Waals surface area contributed by atoms with Crippen LogP contribution in [-0.2, 0) is 4.79 Å². The number of carbonyl (C=O) groups is 2. The highest BCUT2D eigenvalue weighted by molar-refractivity contribution is 6.09. The van der Waals surface area contributed by atoms with Crippen molar-refractivity contribution >= 4 is 50.7 Å². The average Bonchev–Trinajstić information content (AvgIpc) is 2.87. The fraction of sp³-hybridized carbons (Fsp3) is 0.192. The van der Waals surface area contributed by atoms with Crippen molar-refractivity contribution in [3.63, 3.8) is 0 Å². The number of nitrogens with one attached hydrogen (secondary N) is 2. The third-order valence-electron chi connectivity index (χ3n) is 5.90. The van der Waals surface area contributed by atoms with Crippen molar-refractivity contribution in [1.82, 2.24) is 10.3 Å². The van der Waals surface area contributed by atoms with Gasteiger partial charge in [-0.2, -0.15) is 0 Å². The van der Waals surface area contributed by atoms with Gasteiger partial charge in [0.1, 0.15) is 11.7 Å². The maximum Gasteiger partial charge on any atom is 0.293 e. The number of primary amides is 1. The summed E-state index contributed by atoms with van der Waals surface area (Å²) in [6.07, 6.45) is 1.63. The minimum atomic E-state index is -0.893. The normalized spacial score (nSPS) is 11.8. The van der Waals surface area contributed by atoms with Crippen molar-refractivity contribution in [3.05, 3.63) is 82.4 Å². The van der Waals surface area contributed by atoms with Crippen LogP contribution in [0.4, 0.5) is 17.1 Å². The molecule has 1 atom stereocenters. The highest BCUT2D eigenvalue weighted by atomic mass is 16.6. The van der Waals surface area contributed by atoms with E-state index in [-0.39, 0.29) is 16.9 Å². The molecule has 6 N–H and O–H groups in total. The lowest BCUT2D eigenvalue weighted by Gasteiger charge is -2.16. The van der Waals surface area contributed by atoms with Gasteiger partial charge in [-0.25, -0.2) is 4.98 Å². The van der Waals surface area contributed by atoms with Crippen molar-refractivity contribution < 1.29 is 14.5 Å². The van der Waals surface area contributed by atoms with E-state index >= 15 is 0 Å². The van der Waals surface area contributed by atoms with Crippen LogP contribution in [0.15, 0.2) is 66.7 Å². The number of amides is 2. The number of unbranched alkanes of at least 4 members (excludes halogenated alkanes) is 1. The number of nitro groups is 1. The van der Waals surface area contributed by atoms with Gasteiger partial charge < -0.3 is 22.1 Å². The second kappa shape index (κ2) is 10.8. The number of nitrogens with two attached hydrogens (primary N) is 2. The summed E-state index contributed by atoms with van der Waals surface area (Å²) >= 11 is 0. The smallest absolute Gasteiger partial charge is 0.293 e. The van der Waals surface area contributed by atoms with E-state index in [1.165, 1.54) is 18.2 Å². The molecule has 0 radical (unpaired) electrons. The maximum absolute atomic E-state index is 12.8. The number of hydrogen-bond acceptors (Lipinski definition) is 7. The van der Waals surface area contributed by atoms with E-state index in [0.717, 1.165) is 21.8 Å². The Bertz CT molecular complexity index is 1400. The standard InChI is InChI=1S/C26H26N6O4/c27-14-6-5-11-22(25(28)33)31-26(34)16-12-13-21(23(15-16)32(35)36)30-24-17-7-1-3-9-19(17)29-20-10-4-2-8-18(20)24/h1-4,7-10,12-13,15,22H,5-6,11,14,27H2,(H2,28,33)(H,29,30)(H,31,34). The number of nitro benzene ring substituents is 1. The number of nitrogens with zero attached hydrogens (tertiary/aromatic N) is 2. The number of rotatable bonds is 10. The van der Waals surface area contributed by atoms with E-state index in [0.29, 0.717) is 31.5 Å². The Balaban J connectivity index is 1.68. The molecule has 0 fully saturated rings. The first-order chi connectivity index (χ1) is 17.4. The lowest BCUT2D eigenvalue weighted by atomic mass is 10.1. The second-order valence-electron chi connectivity index (χ2n) is 8.35. The van der Waals surface area contributed by atoms with Crippen LogP contribution in [0.25, 0.3) is 21.8 Å². The molecule has 0 spiro atoms. The number of aromatic nitrogens is 1. The first kappa shape index (κ1) is 24.6. The van der Waals surface area contributed by atoms with E-state index in [1.807, 2.05) is 48.5 Å². The Morgan fingerprint density at radius 2 is 1.61 bits per heavy atom. The van der Waals surface area contributed by atoms with Gasteiger partial charge in [-0.05, 0) is 50.1 Å². The summed E-state index contributed by atoms with van der Waals surface area (Å²) in [5.74, 6) is -1.30. The molecule has 4 aromatic rings. The zero-order valence-corrected chi connectivity index (χ0v) is 19.4. The van der Waals surface area contributed by atoms with Crippen LogP contribution in [0.3, 0.4) is 0 Å². The van der Waals surface area contributed by atoms with Crippen LogP contribution in [0.2, 0.25) is 0 Å². The largest absolute Gasteiger partial charge is 0.368 e. The Hall–Kier alpha value is -4.57. The first-order valence-electron chi connectivity index (χ1n) is 11.5. The molecule has 1 aromatic heterocycles. The molecule has 1 unspecified atom stereocenters. The molecule has 2 amide bonds. The number of hydrogen-bond donors (Lipinski definition) is 4. The molecule has 3 aromatic carbocycles. The van der Waals surface area contributed by atoms with Gasteiger partial charge >= 0.3 is 0 Å². The van der Waals surface area contributed by atoms with E-state index in [4.69, 9.17) is 11.5 Å². The molecular formula is C26H26N6O4. The number of pyridine rings is 1. The highest BCUT2D eigenvalue weighted by Crippen LogP contribution is 2.36. The van der Waals surface area contributed by atoms with Crippen LogP contribution in [-0.4, -0.2) is 34.3 Å². The first-order valence-corrected chi connectivity index (χ1v) is 11.5. The van der Waals surface area contributed by atoms with E-state index in [9.17, 15) is 19.7 Å².